The van der Waals surface area contributed by atoms with Gasteiger partial charge < -0.3 is 15.2 Å². The van der Waals surface area contributed by atoms with E-state index in [9.17, 15) is 4.79 Å². The summed E-state index contributed by atoms with van der Waals surface area (Å²) < 4.78 is 10.5. The van der Waals surface area contributed by atoms with Crippen molar-refractivity contribution >= 4 is 44.4 Å². The summed E-state index contributed by atoms with van der Waals surface area (Å²) in [4.78, 5) is 16.1. The molecule has 0 radical (unpaired) electrons. The van der Waals surface area contributed by atoms with E-state index in [0.29, 0.717) is 20.4 Å². The lowest BCUT2D eigenvalue weighted by Crippen LogP contribution is -2.07. The number of pyridine rings is 1. The minimum atomic E-state index is -0.524. The van der Waals surface area contributed by atoms with Crippen LogP contribution in [0.3, 0.4) is 0 Å². The number of benzene rings is 1. The molecule has 0 saturated heterocycles. The van der Waals surface area contributed by atoms with Gasteiger partial charge in [0.05, 0.1) is 24.8 Å². The molecule has 0 bridgehead atoms. The molecule has 0 unspecified atom stereocenters. The molecule has 1 aromatic heterocycles. The van der Waals surface area contributed by atoms with Gasteiger partial charge in [-0.15, -0.1) is 0 Å². The molecule has 0 atom stereocenters. The Balaban J connectivity index is 2.83. The first kappa shape index (κ1) is 15.0. The molecule has 1 aromatic carbocycles. The number of carbonyl (C=O) groups excluding carboxylic acids is 1. The Morgan fingerprint density at radius 3 is 2.70 bits per heavy atom. The molecule has 0 aliphatic heterocycles. The summed E-state index contributed by atoms with van der Waals surface area (Å²) in [6, 6.07) is 3.34. The lowest BCUT2D eigenvalue weighted by molar-refractivity contribution is 0.0596. The number of nitrogens with zero attached hydrogens (tertiary/aromatic N) is 1. The summed E-state index contributed by atoms with van der Waals surface area (Å²) in [5.74, 6) is -0.335. The van der Waals surface area contributed by atoms with E-state index in [1.54, 1.807) is 12.1 Å². The van der Waals surface area contributed by atoms with Crippen molar-refractivity contribution in [1.82, 2.24) is 4.98 Å². The quantitative estimate of drug-likeness (QED) is 0.853. The lowest BCUT2D eigenvalue weighted by atomic mass is 10.1. The van der Waals surface area contributed by atoms with E-state index in [4.69, 9.17) is 26.8 Å². The van der Waals surface area contributed by atoms with Gasteiger partial charge in [0.25, 0.3) is 0 Å². The van der Waals surface area contributed by atoms with Crippen molar-refractivity contribution in [2.75, 3.05) is 14.2 Å². The molecule has 0 aliphatic carbocycles. The molecule has 2 aromatic rings. The minimum absolute atomic E-state index is 0.188. The highest BCUT2D eigenvalue weighted by molar-refractivity contribution is 9.10. The van der Waals surface area contributed by atoms with Crippen molar-refractivity contribution < 1.29 is 14.3 Å². The summed E-state index contributed by atoms with van der Waals surface area (Å²) in [6.07, 6.45) is 0. The standard InChI is InChI=1S/C13H12BrClN2O3/c1-19-12-7(13(18)20-2)3-6-4-9(15)10(14)8(5-16)11(6)17-12/h3-4H,5,16H2,1-2H3. The van der Waals surface area contributed by atoms with Gasteiger partial charge in [-0.3, -0.25) is 0 Å². The van der Waals surface area contributed by atoms with Crippen LogP contribution in [0, 0.1) is 0 Å². The van der Waals surface area contributed by atoms with Crippen molar-refractivity contribution in [3.8, 4) is 5.88 Å². The number of carbonyl (C=O) groups is 1. The monoisotopic (exact) mass is 358 g/mol. The van der Waals surface area contributed by atoms with Crippen molar-refractivity contribution in [3.63, 3.8) is 0 Å². The van der Waals surface area contributed by atoms with Gasteiger partial charge in [0.2, 0.25) is 5.88 Å². The van der Waals surface area contributed by atoms with Crippen molar-refractivity contribution in [2.45, 2.75) is 6.54 Å². The molecule has 106 valence electrons. The van der Waals surface area contributed by atoms with E-state index in [1.807, 2.05) is 0 Å². The van der Waals surface area contributed by atoms with Crippen LogP contribution in [-0.2, 0) is 11.3 Å². The first-order chi connectivity index (χ1) is 9.53. The Morgan fingerprint density at radius 1 is 1.45 bits per heavy atom. The minimum Gasteiger partial charge on any atom is -0.480 e. The van der Waals surface area contributed by atoms with Gasteiger partial charge in [0.1, 0.15) is 5.56 Å². The molecule has 0 saturated carbocycles. The number of halogens is 2. The maximum absolute atomic E-state index is 11.7. The second kappa shape index (κ2) is 5.95. The first-order valence-electron chi connectivity index (χ1n) is 5.67. The summed E-state index contributed by atoms with van der Waals surface area (Å²) in [5, 5.41) is 1.19. The Morgan fingerprint density at radius 2 is 2.15 bits per heavy atom. The van der Waals surface area contributed by atoms with Gasteiger partial charge in [-0.05, 0) is 28.1 Å². The molecule has 20 heavy (non-hydrogen) atoms. The second-order valence-corrected chi connectivity index (χ2v) is 5.16. The number of rotatable bonds is 3. The zero-order valence-electron chi connectivity index (χ0n) is 10.9. The van der Waals surface area contributed by atoms with Crippen molar-refractivity contribution in [1.29, 1.82) is 0 Å². The van der Waals surface area contributed by atoms with Crippen LogP contribution >= 0.6 is 27.5 Å². The second-order valence-electron chi connectivity index (χ2n) is 3.96. The normalized spacial score (nSPS) is 10.7. The number of methoxy groups -OCH3 is 2. The van der Waals surface area contributed by atoms with Crippen LogP contribution in [0.5, 0.6) is 5.88 Å². The lowest BCUT2D eigenvalue weighted by Gasteiger charge is -2.12. The smallest absolute Gasteiger partial charge is 0.343 e. The summed E-state index contributed by atoms with van der Waals surface area (Å²) >= 11 is 9.52. The number of hydrogen-bond donors (Lipinski definition) is 1. The number of nitrogens with two attached hydrogens (primary N) is 1. The fourth-order valence-electron chi connectivity index (χ4n) is 1.91. The Labute approximate surface area is 129 Å². The molecule has 0 amide bonds. The molecular weight excluding hydrogens is 348 g/mol. The molecule has 2 N–H and O–H groups in total. The molecule has 2 rings (SSSR count). The van der Waals surface area contributed by atoms with E-state index in [0.717, 1.165) is 5.56 Å². The third-order valence-corrected chi connectivity index (χ3v) is 4.29. The summed E-state index contributed by atoms with van der Waals surface area (Å²) in [7, 11) is 2.74. The number of fused-ring (bicyclic) bond motifs is 1. The van der Waals surface area contributed by atoms with Gasteiger partial charge in [-0.2, -0.15) is 0 Å². The fourth-order valence-corrected chi connectivity index (χ4v) is 2.61. The Hall–Kier alpha value is -1.37. The van der Waals surface area contributed by atoms with Gasteiger partial charge in [0.15, 0.2) is 0 Å². The van der Waals surface area contributed by atoms with Crippen LogP contribution in [0.1, 0.15) is 15.9 Å². The zero-order chi connectivity index (χ0) is 14.9. The maximum Gasteiger partial charge on any atom is 0.343 e. The van der Waals surface area contributed by atoms with Gasteiger partial charge >= 0.3 is 5.97 Å². The van der Waals surface area contributed by atoms with Crippen LogP contribution in [0.4, 0.5) is 0 Å². The van der Waals surface area contributed by atoms with E-state index >= 15 is 0 Å². The van der Waals surface area contributed by atoms with E-state index in [2.05, 4.69) is 20.9 Å². The van der Waals surface area contributed by atoms with E-state index in [-0.39, 0.29) is 18.0 Å². The molecule has 0 aliphatic rings. The third-order valence-electron chi connectivity index (χ3n) is 2.86. The van der Waals surface area contributed by atoms with Crippen LogP contribution in [0.2, 0.25) is 5.02 Å². The largest absolute Gasteiger partial charge is 0.480 e. The Bertz CT molecular complexity index is 691. The maximum atomic E-state index is 11.7. The molecule has 7 heteroatoms. The average Bonchev–Trinajstić information content (AvgIpc) is 2.46. The van der Waals surface area contributed by atoms with Crippen LogP contribution in [-0.4, -0.2) is 25.2 Å². The van der Waals surface area contributed by atoms with Gasteiger partial charge in [0, 0.05) is 22.0 Å². The predicted molar refractivity (Wildman–Crippen MR) is 80.2 cm³/mol. The van der Waals surface area contributed by atoms with Gasteiger partial charge in [-0.1, -0.05) is 11.6 Å². The highest BCUT2D eigenvalue weighted by Gasteiger charge is 2.19. The van der Waals surface area contributed by atoms with E-state index < -0.39 is 5.97 Å². The molecular formula is C13H12BrClN2O3. The van der Waals surface area contributed by atoms with Crippen molar-refractivity contribution in [2.24, 2.45) is 5.73 Å². The first-order valence-corrected chi connectivity index (χ1v) is 6.84. The zero-order valence-corrected chi connectivity index (χ0v) is 13.2. The van der Waals surface area contributed by atoms with E-state index in [1.165, 1.54) is 14.2 Å². The SMILES string of the molecule is COC(=O)c1cc2cc(Cl)c(Br)c(CN)c2nc1OC. The predicted octanol–water partition coefficient (Wildman–Crippen LogP) is 2.90. The fraction of sp³-hybridized carbons (Fsp3) is 0.231. The highest BCUT2D eigenvalue weighted by atomic mass is 79.9. The van der Waals surface area contributed by atoms with Crippen LogP contribution in [0.25, 0.3) is 10.9 Å². The number of aromatic nitrogens is 1. The van der Waals surface area contributed by atoms with Gasteiger partial charge in [-0.25, -0.2) is 9.78 Å². The van der Waals surface area contributed by atoms with Crippen molar-refractivity contribution in [3.05, 3.63) is 32.8 Å². The number of hydrogen-bond acceptors (Lipinski definition) is 5. The van der Waals surface area contributed by atoms with Crippen LogP contribution < -0.4 is 10.5 Å². The topological polar surface area (TPSA) is 74.4 Å². The molecule has 0 spiro atoms. The third kappa shape index (κ3) is 2.46. The number of esters is 1. The molecule has 5 nitrogen and oxygen atoms in total. The summed E-state index contributed by atoms with van der Waals surface area (Å²) in [5.41, 5.74) is 7.36. The molecule has 0 fully saturated rings. The highest BCUT2D eigenvalue weighted by Crippen LogP contribution is 2.34. The molecule has 1 heterocycles. The van der Waals surface area contributed by atoms with Crippen LogP contribution in [0.15, 0.2) is 16.6 Å². The average molecular weight is 360 g/mol. The number of ether oxygens (including phenoxy) is 2. The summed E-state index contributed by atoms with van der Waals surface area (Å²) in [6.45, 7) is 0.255. The Kier molecular flexibility index (Phi) is 4.47.